The van der Waals surface area contributed by atoms with Crippen molar-refractivity contribution in [3.63, 3.8) is 0 Å². The third-order valence-corrected chi connectivity index (χ3v) is 3.36. The lowest BCUT2D eigenvalue weighted by Crippen LogP contribution is -2.19. The summed E-state index contributed by atoms with van der Waals surface area (Å²) in [5.41, 5.74) is 0.870. The number of carbonyl (C=O) groups excluding carboxylic acids is 1. The molecule has 21 heavy (non-hydrogen) atoms. The summed E-state index contributed by atoms with van der Waals surface area (Å²) in [4.78, 5) is 11.9. The number of anilines is 1. The van der Waals surface area contributed by atoms with Gasteiger partial charge < -0.3 is 10.4 Å². The number of aliphatic hydroxyl groups is 1. The molecule has 2 N–H and O–H groups in total. The van der Waals surface area contributed by atoms with Crippen LogP contribution in [0.1, 0.15) is 25.1 Å². The molecule has 0 aliphatic heterocycles. The quantitative estimate of drug-likeness (QED) is 0.884. The van der Waals surface area contributed by atoms with Gasteiger partial charge in [0.1, 0.15) is 12.2 Å². The van der Waals surface area contributed by atoms with E-state index in [4.69, 9.17) is 23.2 Å². The largest absolute Gasteiger partial charge is 0.387 e. The zero-order valence-corrected chi connectivity index (χ0v) is 12.8. The predicted molar refractivity (Wildman–Crippen MR) is 80.4 cm³/mol. The fourth-order valence-corrected chi connectivity index (χ4v) is 2.02. The first kappa shape index (κ1) is 15.8. The van der Waals surface area contributed by atoms with E-state index >= 15 is 0 Å². The predicted octanol–water partition coefficient (Wildman–Crippen LogP) is 2.67. The molecule has 1 amide bonds. The normalized spacial score (nSPS) is 12.2. The molecule has 0 saturated heterocycles. The van der Waals surface area contributed by atoms with Crippen molar-refractivity contribution in [2.45, 2.75) is 26.0 Å². The number of rotatable bonds is 5. The lowest BCUT2D eigenvalue weighted by Gasteiger charge is -2.07. The topological polar surface area (TPSA) is 80.0 Å². The number of aromatic nitrogens is 3. The highest BCUT2D eigenvalue weighted by atomic mass is 35.5. The minimum absolute atomic E-state index is 0.0354. The Morgan fingerprint density at radius 3 is 2.95 bits per heavy atom. The third kappa shape index (κ3) is 4.17. The van der Waals surface area contributed by atoms with Crippen molar-refractivity contribution in [2.24, 2.45) is 0 Å². The number of carbonyl (C=O) groups is 1. The Bertz CT molecular complexity index is 645. The molecule has 0 saturated carbocycles. The number of halogens is 2. The zero-order chi connectivity index (χ0) is 15.4. The van der Waals surface area contributed by atoms with Gasteiger partial charge in [-0.3, -0.25) is 4.79 Å². The molecule has 2 aromatic rings. The maximum absolute atomic E-state index is 11.9. The molecule has 1 heterocycles. The number of nitrogens with one attached hydrogen (secondary N) is 1. The van der Waals surface area contributed by atoms with Gasteiger partial charge in [-0.1, -0.05) is 35.3 Å². The Hall–Kier alpha value is -1.63. The molecule has 2 rings (SSSR count). The summed E-state index contributed by atoms with van der Waals surface area (Å²) >= 11 is 11.8. The van der Waals surface area contributed by atoms with E-state index in [9.17, 15) is 9.90 Å². The number of benzene rings is 1. The minimum Gasteiger partial charge on any atom is -0.387 e. The zero-order valence-electron chi connectivity index (χ0n) is 11.3. The van der Waals surface area contributed by atoms with Gasteiger partial charge in [0.2, 0.25) is 5.91 Å². The molecule has 1 atom stereocenters. The number of nitrogens with zero attached hydrogens (tertiary/aromatic N) is 3. The Kier molecular flexibility index (Phi) is 5.17. The summed E-state index contributed by atoms with van der Waals surface area (Å²) in [5, 5.41) is 20.8. The van der Waals surface area contributed by atoms with Crippen molar-refractivity contribution in [1.29, 1.82) is 0 Å². The van der Waals surface area contributed by atoms with Crippen LogP contribution in [0.2, 0.25) is 10.0 Å². The first-order chi connectivity index (χ1) is 9.99. The highest BCUT2D eigenvalue weighted by Crippen LogP contribution is 2.25. The van der Waals surface area contributed by atoms with Crippen LogP contribution >= 0.6 is 23.2 Å². The van der Waals surface area contributed by atoms with E-state index < -0.39 is 6.10 Å². The molecule has 0 fully saturated rings. The Morgan fingerprint density at radius 1 is 1.48 bits per heavy atom. The van der Waals surface area contributed by atoms with Gasteiger partial charge in [0.05, 0.1) is 23.0 Å². The average Bonchev–Trinajstić information content (AvgIpc) is 2.90. The summed E-state index contributed by atoms with van der Waals surface area (Å²) in [5.74, 6) is -0.318. The summed E-state index contributed by atoms with van der Waals surface area (Å²) in [6, 6.07) is 4.80. The van der Waals surface area contributed by atoms with Crippen molar-refractivity contribution in [3.8, 4) is 0 Å². The van der Waals surface area contributed by atoms with Gasteiger partial charge in [0.15, 0.2) is 0 Å². The Labute approximate surface area is 131 Å². The molecule has 0 aliphatic carbocycles. The van der Waals surface area contributed by atoms with E-state index in [1.54, 1.807) is 18.2 Å². The van der Waals surface area contributed by atoms with Gasteiger partial charge >= 0.3 is 0 Å². The van der Waals surface area contributed by atoms with E-state index in [1.807, 2.05) is 6.92 Å². The fourth-order valence-electron chi connectivity index (χ4n) is 1.68. The second-order valence-corrected chi connectivity index (χ2v) is 5.28. The molecule has 8 heteroatoms. The number of aliphatic hydroxyl groups excluding tert-OH is 1. The van der Waals surface area contributed by atoms with Crippen LogP contribution in [0.25, 0.3) is 0 Å². The molecular weight excluding hydrogens is 315 g/mol. The van der Waals surface area contributed by atoms with Crippen molar-refractivity contribution < 1.29 is 9.90 Å². The Morgan fingerprint density at radius 2 is 2.24 bits per heavy atom. The summed E-state index contributed by atoms with van der Waals surface area (Å²) in [6.45, 7) is 1.80. The molecule has 0 bridgehead atoms. The third-order valence-electron chi connectivity index (χ3n) is 2.79. The van der Waals surface area contributed by atoms with Crippen LogP contribution in [-0.4, -0.2) is 26.0 Å². The van der Waals surface area contributed by atoms with Gasteiger partial charge in [0.25, 0.3) is 0 Å². The van der Waals surface area contributed by atoms with Crippen LogP contribution in [0.4, 0.5) is 5.69 Å². The summed E-state index contributed by atoms with van der Waals surface area (Å²) < 4.78 is 1.35. The molecular formula is C13H14Cl2N4O2. The van der Waals surface area contributed by atoms with Gasteiger partial charge in [-0.2, -0.15) is 0 Å². The smallest absolute Gasteiger partial charge is 0.246 e. The van der Waals surface area contributed by atoms with Gasteiger partial charge in [-0.15, -0.1) is 5.10 Å². The van der Waals surface area contributed by atoms with Crippen LogP contribution in [-0.2, 0) is 11.3 Å². The van der Waals surface area contributed by atoms with Gasteiger partial charge in [0, 0.05) is 5.02 Å². The first-order valence-corrected chi connectivity index (χ1v) is 7.08. The lowest BCUT2D eigenvalue weighted by atomic mass is 10.2. The van der Waals surface area contributed by atoms with Crippen molar-refractivity contribution in [2.75, 3.05) is 5.32 Å². The van der Waals surface area contributed by atoms with Gasteiger partial charge in [-0.05, 0) is 24.6 Å². The molecule has 0 spiro atoms. The number of hydrogen-bond donors (Lipinski definition) is 2. The SMILES string of the molecule is CCC(O)c1cn(CC(=O)Nc2cc(Cl)ccc2Cl)nn1. The second kappa shape index (κ2) is 6.89. The molecule has 1 aromatic heterocycles. The molecule has 112 valence electrons. The molecule has 6 nitrogen and oxygen atoms in total. The van der Waals surface area contributed by atoms with Crippen LogP contribution in [0, 0.1) is 0 Å². The van der Waals surface area contributed by atoms with Crippen LogP contribution < -0.4 is 5.32 Å². The van der Waals surface area contributed by atoms with Crippen molar-refractivity contribution >= 4 is 34.8 Å². The van der Waals surface area contributed by atoms with E-state index in [2.05, 4.69) is 15.6 Å². The lowest BCUT2D eigenvalue weighted by molar-refractivity contribution is -0.116. The first-order valence-electron chi connectivity index (χ1n) is 6.32. The molecule has 1 aromatic carbocycles. The van der Waals surface area contributed by atoms with Crippen LogP contribution in [0.3, 0.4) is 0 Å². The Balaban J connectivity index is 2.01. The van der Waals surface area contributed by atoms with E-state index in [0.717, 1.165) is 0 Å². The van der Waals surface area contributed by atoms with E-state index in [-0.39, 0.29) is 12.5 Å². The van der Waals surface area contributed by atoms with Crippen LogP contribution in [0.15, 0.2) is 24.4 Å². The van der Waals surface area contributed by atoms with Crippen molar-refractivity contribution in [3.05, 3.63) is 40.1 Å². The fraction of sp³-hybridized carbons (Fsp3) is 0.308. The molecule has 0 aliphatic rings. The number of hydrogen-bond acceptors (Lipinski definition) is 4. The van der Waals surface area contributed by atoms with Crippen molar-refractivity contribution in [1.82, 2.24) is 15.0 Å². The van der Waals surface area contributed by atoms with E-state index in [0.29, 0.717) is 27.8 Å². The standard InChI is InChI=1S/C13H14Cl2N4O2/c1-2-12(20)11-6-19(18-17-11)7-13(21)16-10-5-8(14)3-4-9(10)15/h3-6,12,20H,2,7H2,1H3,(H,16,21). The molecule has 0 radical (unpaired) electrons. The highest BCUT2D eigenvalue weighted by molar-refractivity contribution is 6.35. The maximum Gasteiger partial charge on any atom is 0.246 e. The minimum atomic E-state index is -0.677. The van der Waals surface area contributed by atoms with Gasteiger partial charge in [-0.25, -0.2) is 4.68 Å². The molecule has 1 unspecified atom stereocenters. The summed E-state index contributed by atoms with van der Waals surface area (Å²) in [6.07, 6.45) is 1.39. The number of amides is 1. The van der Waals surface area contributed by atoms with Crippen LogP contribution in [0.5, 0.6) is 0 Å². The second-order valence-electron chi connectivity index (χ2n) is 4.44. The average molecular weight is 329 g/mol. The summed E-state index contributed by atoms with van der Waals surface area (Å²) in [7, 11) is 0. The van der Waals surface area contributed by atoms with E-state index in [1.165, 1.54) is 10.9 Å². The highest BCUT2D eigenvalue weighted by Gasteiger charge is 2.12. The maximum atomic E-state index is 11.9. The monoisotopic (exact) mass is 328 g/mol.